The van der Waals surface area contributed by atoms with Gasteiger partial charge in [0.25, 0.3) is 0 Å². The molecule has 0 rings (SSSR count). The van der Waals surface area contributed by atoms with E-state index in [4.69, 9.17) is 30.8 Å². The van der Waals surface area contributed by atoms with Crippen molar-refractivity contribution in [3.8, 4) is 0 Å². The summed E-state index contributed by atoms with van der Waals surface area (Å²) in [4.78, 5) is 32.7. The van der Waals surface area contributed by atoms with Gasteiger partial charge in [-0.15, -0.1) is 0 Å². The third-order valence-corrected chi connectivity index (χ3v) is 2.60. The largest absolute Gasteiger partial charge is 0.481 e. The number of hydrogen-bond donors (Lipinski definition) is 6. The molecule has 0 aromatic heterocycles. The van der Waals surface area contributed by atoms with Gasteiger partial charge in [-0.1, -0.05) is 12.2 Å². The van der Waals surface area contributed by atoms with Gasteiger partial charge < -0.3 is 25.3 Å². The number of rotatable bonds is 10. The van der Waals surface area contributed by atoms with E-state index in [-0.39, 0.29) is 56.7 Å². The molecule has 0 radical (unpaired) electrons. The Kier molecular flexibility index (Phi) is 14.1. The Balaban J connectivity index is 0. The van der Waals surface area contributed by atoms with Crippen molar-refractivity contribution in [2.45, 2.75) is 32.2 Å². The molecular formula is C12H24N2O9. The van der Waals surface area contributed by atoms with Gasteiger partial charge in [0.05, 0.1) is 19.6 Å². The van der Waals surface area contributed by atoms with Crippen molar-refractivity contribution in [3.63, 3.8) is 0 Å². The van der Waals surface area contributed by atoms with E-state index in [1.54, 1.807) is 0 Å². The second-order valence-electron chi connectivity index (χ2n) is 4.30. The quantitative estimate of drug-likeness (QED) is 0.259. The summed E-state index contributed by atoms with van der Waals surface area (Å²) in [5, 5.41) is 49.8. The molecule has 1 unspecified atom stereocenters. The lowest BCUT2D eigenvalue weighted by Gasteiger charge is -2.20. The summed E-state index contributed by atoms with van der Waals surface area (Å²) in [6, 6.07) is -1.22. The first-order valence-electron chi connectivity index (χ1n) is 6.82. The Hall–Kier alpha value is -1.79. The highest BCUT2D eigenvalue weighted by molar-refractivity contribution is 5.80. The van der Waals surface area contributed by atoms with Crippen molar-refractivity contribution in [1.29, 1.82) is 0 Å². The average Bonchev–Trinajstić information content (AvgIpc) is 2.45. The Morgan fingerprint density at radius 3 is 1.65 bits per heavy atom. The number of nitrogens with zero attached hydrogens (tertiary/aromatic N) is 2. The van der Waals surface area contributed by atoms with Crippen LogP contribution in [-0.4, -0.2) is 91.2 Å². The summed E-state index contributed by atoms with van der Waals surface area (Å²) < 4.78 is 0. The summed E-state index contributed by atoms with van der Waals surface area (Å²) in [5.74, 6) is -2.65. The SMILES string of the molecule is CCC(C(=O)O)N(O)O.O=C(O)CCC(=O)N(CCO)CCO. The Morgan fingerprint density at radius 2 is 1.43 bits per heavy atom. The molecule has 0 aliphatic carbocycles. The van der Waals surface area contributed by atoms with E-state index in [2.05, 4.69) is 0 Å². The first-order chi connectivity index (χ1) is 10.7. The number of carboxylic acids is 2. The molecule has 0 saturated heterocycles. The van der Waals surface area contributed by atoms with E-state index in [0.717, 1.165) is 0 Å². The van der Waals surface area contributed by atoms with Gasteiger partial charge in [-0.3, -0.25) is 24.8 Å². The number of carbonyl (C=O) groups is 3. The van der Waals surface area contributed by atoms with Gasteiger partial charge in [0, 0.05) is 19.5 Å². The van der Waals surface area contributed by atoms with Crippen molar-refractivity contribution in [2.75, 3.05) is 26.3 Å². The number of aliphatic carboxylic acids is 2. The van der Waals surface area contributed by atoms with Crippen LogP contribution in [0.15, 0.2) is 0 Å². The van der Waals surface area contributed by atoms with E-state index in [1.807, 2.05) is 0 Å². The second kappa shape index (κ2) is 13.8. The minimum atomic E-state index is -1.25. The Labute approximate surface area is 132 Å². The molecule has 1 atom stereocenters. The standard InChI is InChI=1S/C8H15NO5.C4H9NO4/c10-5-3-9(4-6-11)7(12)1-2-8(13)14;1-2-3(4(6)7)5(8)9/h10-11H,1-6H2,(H,13,14);3,8-9H,2H2,1H3,(H,6,7). The van der Waals surface area contributed by atoms with Crippen molar-refractivity contribution < 1.29 is 45.2 Å². The van der Waals surface area contributed by atoms with Gasteiger partial charge in [-0.25, -0.2) is 0 Å². The zero-order chi connectivity index (χ0) is 18.4. The van der Waals surface area contributed by atoms with Crippen LogP contribution >= 0.6 is 0 Å². The molecule has 6 N–H and O–H groups in total. The highest BCUT2D eigenvalue weighted by Gasteiger charge is 2.20. The van der Waals surface area contributed by atoms with Gasteiger partial charge in [0.2, 0.25) is 5.91 Å². The maximum absolute atomic E-state index is 11.3. The van der Waals surface area contributed by atoms with Crippen LogP contribution in [0, 0.1) is 0 Å². The number of carbonyl (C=O) groups excluding carboxylic acids is 1. The van der Waals surface area contributed by atoms with Crippen molar-refractivity contribution in [2.24, 2.45) is 0 Å². The molecule has 0 spiro atoms. The second-order valence-corrected chi connectivity index (χ2v) is 4.30. The minimum Gasteiger partial charge on any atom is -0.481 e. The fourth-order valence-corrected chi connectivity index (χ4v) is 1.41. The zero-order valence-electron chi connectivity index (χ0n) is 12.8. The van der Waals surface area contributed by atoms with Gasteiger partial charge in [-0.2, -0.15) is 0 Å². The molecular weight excluding hydrogens is 316 g/mol. The average molecular weight is 340 g/mol. The molecule has 0 aliphatic heterocycles. The predicted octanol–water partition coefficient (Wildman–Crippen LogP) is -1.41. The van der Waals surface area contributed by atoms with Crippen LogP contribution < -0.4 is 0 Å². The molecule has 136 valence electrons. The van der Waals surface area contributed by atoms with Crippen molar-refractivity contribution >= 4 is 17.8 Å². The number of carboxylic acid groups (broad SMARTS) is 2. The van der Waals surface area contributed by atoms with Gasteiger partial charge in [0.15, 0.2) is 6.04 Å². The molecule has 0 heterocycles. The Bertz CT molecular complexity index is 356. The van der Waals surface area contributed by atoms with Crippen molar-refractivity contribution in [3.05, 3.63) is 0 Å². The summed E-state index contributed by atoms with van der Waals surface area (Å²) in [6.07, 6.45) is -0.177. The lowest BCUT2D eigenvalue weighted by atomic mass is 10.2. The molecule has 0 aliphatic rings. The van der Waals surface area contributed by atoms with E-state index < -0.39 is 18.0 Å². The number of hydrogen-bond acceptors (Lipinski definition) is 8. The minimum absolute atomic E-state index is 0.102. The molecule has 11 heteroatoms. The number of hydroxylamine groups is 2. The molecule has 0 fully saturated rings. The van der Waals surface area contributed by atoms with Crippen LogP contribution in [0.4, 0.5) is 0 Å². The third-order valence-electron chi connectivity index (χ3n) is 2.60. The number of aliphatic hydroxyl groups is 2. The fraction of sp³-hybridized carbons (Fsp3) is 0.750. The van der Waals surface area contributed by atoms with E-state index >= 15 is 0 Å². The summed E-state index contributed by atoms with van der Waals surface area (Å²) in [5.41, 5.74) is 0. The van der Waals surface area contributed by atoms with Crippen LogP contribution in [0.1, 0.15) is 26.2 Å². The van der Waals surface area contributed by atoms with E-state index in [1.165, 1.54) is 11.8 Å². The maximum atomic E-state index is 11.3. The highest BCUT2D eigenvalue weighted by Crippen LogP contribution is 1.98. The molecule has 0 bridgehead atoms. The normalized spacial score (nSPS) is 11.4. The van der Waals surface area contributed by atoms with Crippen molar-refractivity contribution in [1.82, 2.24) is 10.1 Å². The zero-order valence-corrected chi connectivity index (χ0v) is 12.8. The first kappa shape index (κ1) is 23.5. The number of amides is 1. The van der Waals surface area contributed by atoms with Gasteiger partial charge in [-0.05, 0) is 6.42 Å². The number of aliphatic hydroxyl groups excluding tert-OH is 2. The maximum Gasteiger partial charge on any atom is 0.325 e. The van der Waals surface area contributed by atoms with Crippen LogP contribution in [0.25, 0.3) is 0 Å². The lowest BCUT2D eigenvalue weighted by molar-refractivity contribution is -0.327. The van der Waals surface area contributed by atoms with Gasteiger partial charge >= 0.3 is 11.9 Å². The summed E-state index contributed by atoms with van der Waals surface area (Å²) in [6.45, 7) is 1.40. The molecule has 0 aromatic rings. The molecule has 0 saturated carbocycles. The molecule has 11 nitrogen and oxygen atoms in total. The fourth-order valence-electron chi connectivity index (χ4n) is 1.41. The summed E-state index contributed by atoms with van der Waals surface area (Å²) in [7, 11) is 0. The summed E-state index contributed by atoms with van der Waals surface area (Å²) >= 11 is 0. The van der Waals surface area contributed by atoms with Gasteiger partial charge in [0.1, 0.15) is 0 Å². The van der Waals surface area contributed by atoms with E-state index in [9.17, 15) is 14.4 Å². The smallest absolute Gasteiger partial charge is 0.325 e. The molecule has 23 heavy (non-hydrogen) atoms. The Morgan fingerprint density at radius 1 is 0.957 bits per heavy atom. The lowest BCUT2D eigenvalue weighted by Crippen LogP contribution is -2.35. The highest BCUT2D eigenvalue weighted by atomic mass is 16.8. The van der Waals surface area contributed by atoms with E-state index in [0.29, 0.717) is 0 Å². The predicted molar refractivity (Wildman–Crippen MR) is 74.7 cm³/mol. The van der Waals surface area contributed by atoms with Crippen LogP contribution in [-0.2, 0) is 14.4 Å². The van der Waals surface area contributed by atoms with Crippen LogP contribution in [0.3, 0.4) is 0 Å². The molecule has 1 amide bonds. The third kappa shape index (κ3) is 12.4. The first-order valence-corrected chi connectivity index (χ1v) is 6.82. The molecule has 0 aromatic carbocycles. The monoisotopic (exact) mass is 340 g/mol. The van der Waals surface area contributed by atoms with Crippen LogP contribution in [0.5, 0.6) is 0 Å². The topological polar surface area (TPSA) is 179 Å². The van der Waals surface area contributed by atoms with Crippen LogP contribution in [0.2, 0.25) is 0 Å².